The lowest BCUT2D eigenvalue weighted by molar-refractivity contribution is -0.572. The summed E-state index contributed by atoms with van der Waals surface area (Å²) in [5.74, 6) is 2.38. The average Bonchev–Trinajstić information content (AvgIpc) is 3.61. The number of pyridine rings is 1. The van der Waals surface area contributed by atoms with Crippen molar-refractivity contribution in [2.24, 2.45) is 0 Å². The molecule has 0 aliphatic carbocycles. The first-order chi connectivity index (χ1) is 21.9. The molecule has 0 aliphatic heterocycles. The molecule has 0 amide bonds. The van der Waals surface area contributed by atoms with E-state index in [0.29, 0.717) is 0 Å². The number of hydrogen-bond acceptors (Lipinski definition) is 2. The van der Waals surface area contributed by atoms with Crippen LogP contribution in [-0.4, -0.2) is 14.1 Å². The van der Waals surface area contributed by atoms with Crippen molar-refractivity contribution < 1.29 is 9.30 Å². The third-order valence-electron chi connectivity index (χ3n) is 8.39. The lowest BCUT2D eigenvalue weighted by Crippen LogP contribution is -2.29. The molecule has 3 aromatic heterocycles. The molecule has 8 aromatic rings. The average molecular weight is 585 g/mol. The quantitative estimate of drug-likeness (QED) is 0.149. The van der Waals surface area contributed by atoms with Gasteiger partial charge in [0.05, 0.1) is 33.4 Å². The standard InChI is InChI=1S/C40H32N4O/c1-40(2,3)28-18-20-29(21-19-28)42-27-43(37-16-7-6-15-36(37)42)30-11-10-12-31(25-30)45-32-22-23-34-33-13-4-5-14-35(33)44(38(34)26-32)39-17-8-9-24-41-39/h4-26H,1-3H3. The topological polar surface area (TPSA) is 35.9 Å². The third-order valence-corrected chi connectivity index (χ3v) is 8.39. The molecule has 8 rings (SSSR count). The van der Waals surface area contributed by atoms with Crippen molar-refractivity contribution in [3.63, 3.8) is 0 Å². The summed E-state index contributed by atoms with van der Waals surface area (Å²) in [6, 6.07) is 46.0. The third kappa shape index (κ3) is 4.74. The molecule has 0 saturated carbocycles. The Morgan fingerprint density at radius 1 is 0.644 bits per heavy atom. The number of hydrogen-bond donors (Lipinski definition) is 0. The molecule has 0 N–H and O–H groups in total. The first-order valence-corrected chi connectivity index (χ1v) is 15.2. The van der Waals surface area contributed by atoms with Crippen LogP contribution in [-0.2, 0) is 5.41 Å². The molecule has 218 valence electrons. The van der Waals surface area contributed by atoms with Gasteiger partial charge in [0.1, 0.15) is 17.3 Å². The second-order valence-corrected chi connectivity index (χ2v) is 12.4. The number of imidazole rings is 1. The SMILES string of the molecule is CC(C)(C)c1ccc(-[n+]2[c-]n(-c3cccc(Oc4ccc5c6ccccc6n(-c6ccccn6)c5c4)c3)c3ccccc32)cc1. The van der Waals surface area contributed by atoms with Crippen molar-refractivity contribution in [1.82, 2.24) is 14.1 Å². The van der Waals surface area contributed by atoms with Gasteiger partial charge in [-0.3, -0.25) is 13.7 Å². The Morgan fingerprint density at radius 2 is 1.38 bits per heavy atom. The molecule has 5 aromatic carbocycles. The Balaban J connectivity index is 1.18. The predicted octanol–water partition coefficient (Wildman–Crippen LogP) is 9.29. The number of para-hydroxylation sites is 3. The number of fused-ring (bicyclic) bond motifs is 4. The fourth-order valence-electron chi connectivity index (χ4n) is 6.12. The number of ether oxygens (including phenoxy) is 1. The molecule has 0 unspecified atom stereocenters. The Hall–Kier alpha value is -5.68. The molecule has 5 nitrogen and oxygen atoms in total. The van der Waals surface area contributed by atoms with Gasteiger partial charge in [0.15, 0.2) is 0 Å². The summed E-state index contributed by atoms with van der Waals surface area (Å²) in [6.45, 7) is 6.71. The second kappa shape index (κ2) is 10.5. The van der Waals surface area contributed by atoms with Gasteiger partial charge in [-0.1, -0.05) is 87.5 Å². The van der Waals surface area contributed by atoms with E-state index in [9.17, 15) is 0 Å². The summed E-state index contributed by atoms with van der Waals surface area (Å²) in [4.78, 5) is 4.66. The highest BCUT2D eigenvalue weighted by Crippen LogP contribution is 2.35. The molecule has 5 heteroatoms. The monoisotopic (exact) mass is 584 g/mol. The van der Waals surface area contributed by atoms with Gasteiger partial charge in [-0.2, -0.15) is 0 Å². The molecule has 3 heterocycles. The smallest absolute Gasteiger partial charge is 0.269 e. The highest BCUT2D eigenvalue weighted by Gasteiger charge is 2.17. The van der Waals surface area contributed by atoms with E-state index in [2.05, 4.69) is 143 Å². The molecule has 0 atom stereocenters. The first-order valence-electron chi connectivity index (χ1n) is 15.2. The Morgan fingerprint density at radius 3 is 2.18 bits per heavy atom. The van der Waals surface area contributed by atoms with E-state index in [-0.39, 0.29) is 5.41 Å². The maximum Gasteiger partial charge on any atom is 0.269 e. The van der Waals surface area contributed by atoms with Gasteiger partial charge >= 0.3 is 0 Å². The van der Waals surface area contributed by atoms with E-state index in [1.165, 1.54) is 10.9 Å². The van der Waals surface area contributed by atoms with Crippen LogP contribution < -0.4 is 9.30 Å². The largest absolute Gasteiger partial charge is 0.458 e. The molecule has 0 fully saturated rings. The Kier molecular flexibility index (Phi) is 6.27. The summed E-state index contributed by atoms with van der Waals surface area (Å²) < 4.78 is 12.9. The predicted molar refractivity (Wildman–Crippen MR) is 181 cm³/mol. The zero-order chi connectivity index (χ0) is 30.5. The van der Waals surface area contributed by atoms with E-state index in [1.54, 1.807) is 0 Å². The summed E-state index contributed by atoms with van der Waals surface area (Å²) in [5.41, 5.74) is 7.75. The van der Waals surface area contributed by atoms with E-state index in [1.807, 2.05) is 42.6 Å². The number of benzene rings is 5. The molecule has 45 heavy (non-hydrogen) atoms. The fourth-order valence-corrected chi connectivity index (χ4v) is 6.12. The van der Waals surface area contributed by atoms with Crippen molar-refractivity contribution in [3.05, 3.63) is 152 Å². The minimum Gasteiger partial charge on any atom is -0.458 e. The van der Waals surface area contributed by atoms with Crippen molar-refractivity contribution in [2.45, 2.75) is 26.2 Å². The zero-order valence-corrected chi connectivity index (χ0v) is 25.5. The lowest BCUT2D eigenvalue weighted by atomic mass is 9.87. The minimum absolute atomic E-state index is 0.0981. The summed E-state index contributed by atoms with van der Waals surface area (Å²) >= 11 is 0. The van der Waals surface area contributed by atoms with Crippen LogP contribution >= 0.6 is 0 Å². The van der Waals surface area contributed by atoms with Crippen LogP contribution in [0.3, 0.4) is 0 Å². The van der Waals surface area contributed by atoms with Gasteiger partial charge in [-0.15, -0.1) is 0 Å². The highest BCUT2D eigenvalue weighted by molar-refractivity contribution is 6.09. The van der Waals surface area contributed by atoms with E-state index >= 15 is 0 Å². The number of nitrogens with zero attached hydrogens (tertiary/aromatic N) is 4. The molecule has 0 bridgehead atoms. The van der Waals surface area contributed by atoms with Gasteiger partial charge in [0.25, 0.3) is 6.33 Å². The lowest BCUT2D eigenvalue weighted by Gasteiger charge is -2.19. The van der Waals surface area contributed by atoms with Crippen LogP contribution in [0.1, 0.15) is 26.3 Å². The molecule has 0 spiro atoms. The van der Waals surface area contributed by atoms with Crippen molar-refractivity contribution in [2.75, 3.05) is 0 Å². The van der Waals surface area contributed by atoms with Crippen LogP contribution in [0.5, 0.6) is 11.5 Å². The molecular weight excluding hydrogens is 552 g/mol. The highest BCUT2D eigenvalue weighted by atomic mass is 16.5. The number of rotatable bonds is 5. The van der Waals surface area contributed by atoms with E-state index in [0.717, 1.165) is 56.1 Å². The van der Waals surface area contributed by atoms with Crippen molar-refractivity contribution >= 4 is 32.8 Å². The van der Waals surface area contributed by atoms with Gasteiger partial charge < -0.3 is 4.74 Å². The summed E-state index contributed by atoms with van der Waals surface area (Å²) in [7, 11) is 0. The maximum absolute atomic E-state index is 6.52. The zero-order valence-electron chi connectivity index (χ0n) is 25.5. The van der Waals surface area contributed by atoms with Gasteiger partial charge in [-0.05, 0) is 71.6 Å². The number of aromatic nitrogens is 4. The molecule has 0 aliphatic rings. The maximum atomic E-state index is 6.52. The van der Waals surface area contributed by atoms with Crippen molar-refractivity contribution in [3.8, 4) is 28.7 Å². The van der Waals surface area contributed by atoms with Gasteiger partial charge in [-0.25, -0.2) is 4.98 Å². The van der Waals surface area contributed by atoms with Crippen LogP contribution in [0.2, 0.25) is 0 Å². The second-order valence-electron chi connectivity index (χ2n) is 12.4. The van der Waals surface area contributed by atoms with E-state index < -0.39 is 0 Å². The fraction of sp³-hybridized carbons (Fsp3) is 0.100. The van der Waals surface area contributed by atoms with Gasteiger partial charge in [0, 0.05) is 23.0 Å². The minimum atomic E-state index is 0.0981. The molecular formula is C40H32N4O. The van der Waals surface area contributed by atoms with Crippen molar-refractivity contribution in [1.29, 1.82) is 0 Å². The van der Waals surface area contributed by atoms with E-state index in [4.69, 9.17) is 4.74 Å². The van der Waals surface area contributed by atoms with Crippen LogP contribution in [0.15, 0.2) is 140 Å². The van der Waals surface area contributed by atoms with Crippen LogP contribution in [0, 0.1) is 6.33 Å². The first kappa shape index (κ1) is 26.9. The van der Waals surface area contributed by atoms with Crippen LogP contribution in [0.4, 0.5) is 0 Å². The molecule has 0 radical (unpaired) electrons. The summed E-state index contributed by atoms with van der Waals surface area (Å²) in [6.07, 6.45) is 5.43. The normalized spacial score (nSPS) is 11.9. The Bertz CT molecular complexity index is 2320. The molecule has 0 saturated heterocycles. The summed E-state index contributed by atoms with van der Waals surface area (Å²) in [5, 5.41) is 2.34. The Labute approximate surface area is 262 Å². The van der Waals surface area contributed by atoms with Crippen LogP contribution in [0.25, 0.3) is 50.0 Å². The van der Waals surface area contributed by atoms with Gasteiger partial charge in [0.2, 0.25) is 0 Å².